The number of rotatable bonds is 3. The van der Waals surface area contributed by atoms with E-state index < -0.39 is 34.0 Å². The Morgan fingerprint density at radius 3 is 2.56 bits per heavy atom. The minimum atomic E-state index is -4.20. The van der Waals surface area contributed by atoms with Crippen molar-refractivity contribution in [3.8, 4) is 5.75 Å². The summed E-state index contributed by atoms with van der Waals surface area (Å²) < 4.78 is 35.2. The topological polar surface area (TPSA) is 87.2 Å². The van der Waals surface area contributed by atoms with Gasteiger partial charge < -0.3 is 14.7 Å². The van der Waals surface area contributed by atoms with Crippen LogP contribution in [0.1, 0.15) is 46.7 Å². The molecule has 2 heterocycles. The van der Waals surface area contributed by atoms with E-state index in [0.717, 1.165) is 26.6 Å². The van der Waals surface area contributed by atoms with Crippen LogP contribution in [0, 0.1) is 13.8 Å². The summed E-state index contributed by atoms with van der Waals surface area (Å²) in [5.41, 5.74) is 4.26. The predicted molar refractivity (Wildman–Crippen MR) is 122 cm³/mol. The van der Waals surface area contributed by atoms with E-state index in [-0.39, 0.29) is 17.3 Å². The predicted octanol–water partition coefficient (Wildman–Crippen LogP) is 3.71. The van der Waals surface area contributed by atoms with Crippen LogP contribution in [0.25, 0.3) is 0 Å². The minimum absolute atomic E-state index is 0.000990. The molecule has 2 aromatic carbocycles. The van der Waals surface area contributed by atoms with Gasteiger partial charge >= 0.3 is 5.97 Å². The molecule has 1 unspecified atom stereocenters. The van der Waals surface area contributed by atoms with Gasteiger partial charge in [-0.25, -0.2) is 8.42 Å². The molecule has 9 heteroatoms. The van der Waals surface area contributed by atoms with Crippen LogP contribution in [0.4, 0.5) is 0 Å². The first-order chi connectivity index (χ1) is 15.0. The van der Waals surface area contributed by atoms with Gasteiger partial charge in [0.15, 0.2) is 0 Å². The van der Waals surface area contributed by atoms with E-state index in [4.69, 9.17) is 16.3 Å². The number of ether oxygens (including phenoxy) is 1. The zero-order valence-electron chi connectivity index (χ0n) is 18.7. The molecule has 172 valence electrons. The van der Waals surface area contributed by atoms with Crippen LogP contribution < -0.4 is 4.74 Å². The molecule has 0 fully saturated rings. The molecule has 2 aromatic rings. The van der Waals surface area contributed by atoms with Crippen LogP contribution in [0.5, 0.6) is 5.75 Å². The third kappa shape index (κ3) is 3.41. The van der Waals surface area contributed by atoms with Gasteiger partial charge in [0.05, 0.1) is 6.04 Å². The van der Waals surface area contributed by atoms with E-state index in [1.807, 2.05) is 45.0 Å². The number of sulfonamides is 1. The third-order valence-corrected chi connectivity index (χ3v) is 8.79. The van der Waals surface area contributed by atoms with Gasteiger partial charge in [-0.05, 0) is 62.3 Å². The van der Waals surface area contributed by atoms with Crippen molar-refractivity contribution >= 4 is 27.6 Å². The summed E-state index contributed by atoms with van der Waals surface area (Å²) in [6, 6.07) is 4.77. The molecule has 0 aromatic heterocycles. The Bertz CT molecular complexity index is 1210. The standard InChI is InChI=1S/C23H27ClN2O5S/c1-12-6-7-15-18-11-31-22-16(10-25(4)5)17(24)8-9-19(22)32(29,30)26(18)21(23(27)28)14(3)20(15)13(12)2/h6-9,14,18,21H,10-11H2,1-5H3,(H,27,28)/t14-,18?,21+/m1/s1. The zero-order valence-corrected chi connectivity index (χ0v) is 20.3. The SMILES string of the molecule is Cc1ccc2c(c1C)[C@@H](C)[C@@H](C(=O)O)N1C2COc2c(ccc(Cl)c2CN(C)C)S1(=O)=O. The first-order valence-corrected chi connectivity index (χ1v) is 12.2. The highest BCUT2D eigenvalue weighted by Crippen LogP contribution is 2.49. The Kier molecular flexibility index (Phi) is 5.78. The normalized spacial score (nSPS) is 24.2. The molecule has 7 nitrogen and oxygen atoms in total. The molecule has 0 saturated heterocycles. The highest BCUT2D eigenvalue weighted by molar-refractivity contribution is 7.89. The number of hydrogen-bond acceptors (Lipinski definition) is 5. The molecule has 4 rings (SSSR count). The lowest BCUT2D eigenvalue weighted by Gasteiger charge is -2.42. The molecule has 0 amide bonds. The van der Waals surface area contributed by atoms with Gasteiger partial charge in [0.25, 0.3) is 0 Å². The van der Waals surface area contributed by atoms with Gasteiger partial charge in [0, 0.05) is 23.0 Å². The molecule has 0 saturated carbocycles. The van der Waals surface area contributed by atoms with E-state index in [2.05, 4.69) is 0 Å². The van der Waals surface area contributed by atoms with E-state index in [0.29, 0.717) is 17.1 Å². The lowest BCUT2D eigenvalue weighted by atomic mass is 9.79. The summed E-state index contributed by atoms with van der Waals surface area (Å²) in [5.74, 6) is -1.50. The van der Waals surface area contributed by atoms with Crippen molar-refractivity contribution in [2.45, 2.75) is 50.2 Å². The first-order valence-electron chi connectivity index (χ1n) is 10.4. The number of fused-ring (bicyclic) bond motifs is 4. The lowest BCUT2D eigenvalue weighted by Crippen LogP contribution is -2.53. The Balaban J connectivity index is 2.00. The number of carboxylic acids is 1. The van der Waals surface area contributed by atoms with Gasteiger partial charge in [-0.2, -0.15) is 4.31 Å². The second kappa shape index (κ2) is 8.02. The number of carboxylic acid groups (broad SMARTS) is 1. The molecule has 0 aliphatic carbocycles. The van der Waals surface area contributed by atoms with Gasteiger partial charge in [-0.1, -0.05) is 30.7 Å². The Morgan fingerprint density at radius 1 is 1.25 bits per heavy atom. The fourth-order valence-electron chi connectivity index (χ4n) is 4.95. The number of carbonyl (C=O) groups is 1. The van der Waals surface area contributed by atoms with Gasteiger partial charge in [-0.15, -0.1) is 0 Å². The number of hydrogen-bond donors (Lipinski definition) is 1. The number of benzene rings is 2. The average Bonchev–Trinajstić information content (AvgIpc) is 2.81. The highest BCUT2D eigenvalue weighted by Gasteiger charge is 2.52. The lowest BCUT2D eigenvalue weighted by molar-refractivity contribution is -0.143. The molecular formula is C23H27ClN2O5S. The van der Waals surface area contributed by atoms with Crippen molar-refractivity contribution in [3.63, 3.8) is 0 Å². The van der Waals surface area contributed by atoms with Crippen LogP contribution >= 0.6 is 11.6 Å². The highest BCUT2D eigenvalue weighted by atomic mass is 35.5. The quantitative estimate of drug-likeness (QED) is 0.723. The van der Waals surface area contributed by atoms with E-state index in [9.17, 15) is 18.3 Å². The molecule has 3 atom stereocenters. The summed E-state index contributed by atoms with van der Waals surface area (Å²) in [5, 5.41) is 10.6. The third-order valence-electron chi connectivity index (χ3n) is 6.52. The monoisotopic (exact) mass is 478 g/mol. The van der Waals surface area contributed by atoms with Gasteiger partial charge in [0.2, 0.25) is 10.0 Å². The molecule has 2 aliphatic rings. The number of aryl methyl sites for hydroxylation is 1. The van der Waals surface area contributed by atoms with Crippen LogP contribution in [0.2, 0.25) is 5.02 Å². The fourth-order valence-corrected chi connectivity index (χ4v) is 7.12. The van der Waals surface area contributed by atoms with E-state index >= 15 is 0 Å². The van der Waals surface area contributed by atoms with E-state index in [1.54, 1.807) is 6.92 Å². The van der Waals surface area contributed by atoms with Crippen molar-refractivity contribution in [1.29, 1.82) is 0 Å². The maximum atomic E-state index is 14.0. The van der Waals surface area contributed by atoms with Crippen LogP contribution in [-0.4, -0.2) is 55.4 Å². The Labute approximate surface area is 193 Å². The van der Waals surface area contributed by atoms with Crippen LogP contribution in [-0.2, 0) is 21.4 Å². The zero-order chi connectivity index (χ0) is 23.5. The van der Waals surface area contributed by atoms with E-state index in [1.165, 1.54) is 12.1 Å². The summed E-state index contributed by atoms with van der Waals surface area (Å²) >= 11 is 6.42. The van der Waals surface area contributed by atoms with Gasteiger partial charge in [0.1, 0.15) is 23.3 Å². The Morgan fingerprint density at radius 2 is 1.94 bits per heavy atom. The van der Waals surface area contributed by atoms with Crippen molar-refractivity contribution in [2.75, 3.05) is 20.7 Å². The maximum absolute atomic E-state index is 14.0. The molecule has 0 radical (unpaired) electrons. The number of halogens is 1. The molecule has 1 N–H and O–H groups in total. The Hall–Kier alpha value is -2.13. The molecule has 32 heavy (non-hydrogen) atoms. The summed E-state index contributed by atoms with van der Waals surface area (Å²) in [4.78, 5) is 14.3. The number of aliphatic carboxylic acids is 1. The van der Waals surface area contributed by atoms with Crippen LogP contribution in [0.15, 0.2) is 29.2 Å². The molecule has 2 aliphatic heterocycles. The van der Waals surface area contributed by atoms with Crippen molar-refractivity contribution in [2.24, 2.45) is 0 Å². The number of nitrogens with zero attached hydrogens (tertiary/aromatic N) is 2. The summed E-state index contributed by atoms with van der Waals surface area (Å²) in [6.07, 6.45) is 0. The van der Waals surface area contributed by atoms with Crippen molar-refractivity contribution in [1.82, 2.24) is 9.21 Å². The minimum Gasteiger partial charge on any atom is -0.490 e. The second-order valence-corrected chi connectivity index (χ2v) is 11.1. The summed E-state index contributed by atoms with van der Waals surface area (Å²) in [6.45, 7) is 6.09. The molecule has 0 spiro atoms. The van der Waals surface area contributed by atoms with Crippen LogP contribution in [0.3, 0.4) is 0 Å². The fraction of sp³-hybridized carbons (Fsp3) is 0.435. The summed E-state index contributed by atoms with van der Waals surface area (Å²) in [7, 11) is -0.487. The molecular weight excluding hydrogens is 452 g/mol. The first kappa shape index (κ1) is 23.0. The smallest absolute Gasteiger partial charge is 0.322 e. The van der Waals surface area contributed by atoms with Gasteiger partial charge in [-0.3, -0.25) is 4.79 Å². The second-order valence-electron chi connectivity index (χ2n) is 8.83. The van der Waals surface area contributed by atoms with Crippen molar-refractivity contribution < 1.29 is 23.1 Å². The molecule has 0 bridgehead atoms. The largest absolute Gasteiger partial charge is 0.490 e. The maximum Gasteiger partial charge on any atom is 0.322 e. The van der Waals surface area contributed by atoms with Crippen molar-refractivity contribution in [3.05, 3.63) is 57.1 Å². The average molecular weight is 479 g/mol.